The number of halogens is 2. The summed E-state index contributed by atoms with van der Waals surface area (Å²) in [6.45, 7) is 2.24. The van der Waals surface area contributed by atoms with Gasteiger partial charge in [0.05, 0.1) is 6.17 Å². The van der Waals surface area contributed by atoms with Crippen LogP contribution in [-0.2, 0) is 0 Å². The molecule has 14 heavy (non-hydrogen) atoms. The molecule has 0 bridgehead atoms. The maximum Gasteiger partial charge on any atom is 0.0520 e. The van der Waals surface area contributed by atoms with E-state index in [-0.39, 0.29) is 31.0 Å². The number of hydrogen-bond acceptors (Lipinski definition) is 2. The monoisotopic (exact) mass is 244 g/mol. The second kappa shape index (κ2) is 15.9. The summed E-state index contributed by atoms with van der Waals surface area (Å²) in [7, 11) is 0. The zero-order valence-corrected chi connectivity index (χ0v) is 10.8. The van der Waals surface area contributed by atoms with Crippen LogP contribution < -0.4 is 11.5 Å². The predicted molar refractivity (Wildman–Crippen MR) is 69.3 cm³/mol. The molecule has 0 aromatic heterocycles. The summed E-state index contributed by atoms with van der Waals surface area (Å²) in [6.07, 6.45) is 10.2. The average molecular weight is 245 g/mol. The molecule has 0 radical (unpaired) electrons. The minimum absolute atomic E-state index is 0. The first-order valence-electron chi connectivity index (χ1n) is 5.28. The first-order chi connectivity index (χ1) is 5.77. The zero-order valence-electron chi connectivity index (χ0n) is 9.21. The fraction of sp³-hybridized carbons (Fsp3) is 1.00. The van der Waals surface area contributed by atoms with Crippen LogP contribution >= 0.6 is 24.8 Å². The molecule has 0 aliphatic heterocycles. The minimum atomic E-state index is -0.0966. The summed E-state index contributed by atoms with van der Waals surface area (Å²) in [5.74, 6) is 0. The van der Waals surface area contributed by atoms with Crippen LogP contribution in [0.15, 0.2) is 0 Å². The average Bonchev–Trinajstić information content (AvgIpc) is 2.02. The van der Waals surface area contributed by atoms with E-state index >= 15 is 0 Å². The van der Waals surface area contributed by atoms with Gasteiger partial charge in [0.1, 0.15) is 0 Å². The van der Waals surface area contributed by atoms with Gasteiger partial charge in [0, 0.05) is 0 Å². The van der Waals surface area contributed by atoms with Crippen molar-refractivity contribution >= 4 is 24.8 Å². The van der Waals surface area contributed by atoms with Gasteiger partial charge in [-0.15, -0.1) is 24.8 Å². The van der Waals surface area contributed by atoms with E-state index in [1.165, 1.54) is 44.9 Å². The Labute approximate surface area is 101 Å². The summed E-state index contributed by atoms with van der Waals surface area (Å²) in [5.41, 5.74) is 10.9. The van der Waals surface area contributed by atoms with Gasteiger partial charge in [-0.2, -0.15) is 0 Å². The second-order valence-corrected chi connectivity index (χ2v) is 3.57. The first kappa shape index (κ1) is 20.0. The third-order valence-electron chi connectivity index (χ3n) is 2.14. The molecule has 4 heteroatoms. The Bertz CT molecular complexity index is 90.2. The van der Waals surface area contributed by atoms with Gasteiger partial charge in [-0.1, -0.05) is 51.9 Å². The number of unbranched alkanes of at least 4 members (excludes halogenated alkanes) is 6. The Hall–Kier alpha value is 0.500. The third kappa shape index (κ3) is 18.3. The van der Waals surface area contributed by atoms with Gasteiger partial charge in [0.15, 0.2) is 0 Å². The fourth-order valence-electron chi connectivity index (χ4n) is 1.34. The molecule has 0 aliphatic carbocycles. The van der Waals surface area contributed by atoms with E-state index in [1.807, 2.05) is 0 Å². The summed E-state index contributed by atoms with van der Waals surface area (Å²) < 4.78 is 0. The van der Waals surface area contributed by atoms with Crippen molar-refractivity contribution in [3.63, 3.8) is 0 Å². The Kier molecular flexibility index (Phi) is 22.8. The van der Waals surface area contributed by atoms with Gasteiger partial charge in [-0.05, 0) is 6.42 Å². The molecule has 2 nitrogen and oxygen atoms in total. The van der Waals surface area contributed by atoms with E-state index in [2.05, 4.69) is 6.92 Å². The zero-order chi connectivity index (χ0) is 9.23. The number of hydrogen-bond donors (Lipinski definition) is 2. The third-order valence-corrected chi connectivity index (χ3v) is 2.14. The minimum Gasteiger partial charge on any atom is -0.316 e. The molecule has 0 aromatic rings. The van der Waals surface area contributed by atoms with Crippen LogP contribution in [0.3, 0.4) is 0 Å². The van der Waals surface area contributed by atoms with Crippen molar-refractivity contribution in [3.05, 3.63) is 0 Å². The summed E-state index contributed by atoms with van der Waals surface area (Å²) in [6, 6.07) is 0. The molecule has 0 aliphatic rings. The van der Waals surface area contributed by atoms with Gasteiger partial charge >= 0.3 is 0 Å². The van der Waals surface area contributed by atoms with Gasteiger partial charge in [0.2, 0.25) is 0 Å². The lowest BCUT2D eigenvalue weighted by molar-refractivity contribution is 0.538. The molecular formula is C10H26Cl2N2. The Balaban J connectivity index is -0.000000605. The van der Waals surface area contributed by atoms with Crippen LogP contribution in [0.1, 0.15) is 58.3 Å². The molecule has 0 unspecified atom stereocenters. The molecule has 0 fully saturated rings. The summed E-state index contributed by atoms with van der Waals surface area (Å²) in [4.78, 5) is 0. The highest BCUT2D eigenvalue weighted by Crippen LogP contribution is 2.08. The lowest BCUT2D eigenvalue weighted by Gasteiger charge is -2.04. The van der Waals surface area contributed by atoms with Gasteiger partial charge in [-0.3, -0.25) is 0 Å². The molecule has 0 saturated carbocycles. The van der Waals surface area contributed by atoms with Gasteiger partial charge in [-0.25, -0.2) is 0 Å². The Morgan fingerprint density at radius 1 is 0.786 bits per heavy atom. The molecule has 0 aromatic carbocycles. The second-order valence-electron chi connectivity index (χ2n) is 3.57. The van der Waals surface area contributed by atoms with Gasteiger partial charge in [0.25, 0.3) is 0 Å². The number of nitrogens with two attached hydrogens (primary N) is 2. The summed E-state index contributed by atoms with van der Waals surface area (Å²) >= 11 is 0. The molecule has 0 saturated heterocycles. The predicted octanol–water partition coefficient (Wildman–Crippen LogP) is 3.21. The molecular weight excluding hydrogens is 219 g/mol. The molecule has 4 N–H and O–H groups in total. The van der Waals surface area contributed by atoms with Crippen LogP contribution in [0, 0.1) is 0 Å². The van der Waals surface area contributed by atoms with Crippen LogP contribution in [0.2, 0.25) is 0 Å². The van der Waals surface area contributed by atoms with Crippen molar-refractivity contribution in [3.8, 4) is 0 Å². The van der Waals surface area contributed by atoms with Crippen molar-refractivity contribution in [2.75, 3.05) is 0 Å². The van der Waals surface area contributed by atoms with Crippen molar-refractivity contribution in [2.45, 2.75) is 64.5 Å². The highest BCUT2D eigenvalue weighted by Gasteiger charge is 1.94. The van der Waals surface area contributed by atoms with E-state index in [9.17, 15) is 0 Å². The Morgan fingerprint density at radius 3 is 1.64 bits per heavy atom. The van der Waals surface area contributed by atoms with E-state index in [1.54, 1.807) is 0 Å². The first-order valence-corrected chi connectivity index (χ1v) is 5.28. The molecule has 0 rings (SSSR count). The highest BCUT2D eigenvalue weighted by molar-refractivity contribution is 5.85. The van der Waals surface area contributed by atoms with Crippen LogP contribution in [0.5, 0.6) is 0 Å². The van der Waals surface area contributed by atoms with Crippen LogP contribution in [0.25, 0.3) is 0 Å². The van der Waals surface area contributed by atoms with Crippen molar-refractivity contribution < 1.29 is 0 Å². The molecule has 90 valence electrons. The fourth-order valence-corrected chi connectivity index (χ4v) is 1.34. The Morgan fingerprint density at radius 2 is 1.21 bits per heavy atom. The smallest absolute Gasteiger partial charge is 0.0520 e. The summed E-state index contributed by atoms with van der Waals surface area (Å²) in [5, 5.41) is 0. The number of rotatable bonds is 8. The SMILES string of the molecule is CCCCCCCCCC(N)N.Cl.Cl. The molecule has 0 atom stereocenters. The quantitative estimate of drug-likeness (QED) is 0.509. The highest BCUT2D eigenvalue weighted by atomic mass is 35.5. The van der Waals surface area contributed by atoms with Crippen LogP contribution in [-0.4, -0.2) is 6.17 Å². The largest absolute Gasteiger partial charge is 0.316 e. The molecule has 0 heterocycles. The normalized spacial score (nSPS) is 9.43. The topological polar surface area (TPSA) is 52.0 Å². The van der Waals surface area contributed by atoms with E-state index in [0.717, 1.165) is 6.42 Å². The van der Waals surface area contributed by atoms with Crippen molar-refractivity contribution in [1.29, 1.82) is 0 Å². The lowest BCUT2D eigenvalue weighted by atomic mass is 10.1. The maximum atomic E-state index is 5.43. The van der Waals surface area contributed by atoms with E-state index in [4.69, 9.17) is 11.5 Å². The maximum absolute atomic E-state index is 5.43. The van der Waals surface area contributed by atoms with Gasteiger partial charge < -0.3 is 11.5 Å². The van der Waals surface area contributed by atoms with Crippen LogP contribution in [0.4, 0.5) is 0 Å². The molecule has 0 amide bonds. The molecule has 0 spiro atoms. The standard InChI is InChI=1S/C10H24N2.2ClH/c1-2-3-4-5-6-7-8-9-10(11)12;;/h10H,2-9,11-12H2,1H3;2*1H. The van der Waals surface area contributed by atoms with E-state index in [0.29, 0.717) is 0 Å². The van der Waals surface area contributed by atoms with E-state index < -0.39 is 0 Å². The van der Waals surface area contributed by atoms with Crippen molar-refractivity contribution in [2.24, 2.45) is 11.5 Å². The van der Waals surface area contributed by atoms with Crippen molar-refractivity contribution in [1.82, 2.24) is 0 Å². The lowest BCUT2D eigenvalue weighted by Crippen LogP contribution is -2.29.